The van der Waals surface area contributed by atoms with E-state index in [0.717, 1.165) is 50.5 Å². The van der Waals surface area contributed by atoms with Gasteiger partial charge in [-0.25, -0.2) is 0 Å². The number of hydrogen-bond donors (Lipinski definition) is 0. The largest absolute Gasteiger partial charge is 0.462 e. The molecule has 0 spiro atoms. The lowest BCUT2D eigenvalue weighted by Crippen LogP contribution is -2.67. The lowest BCUT2D eigenvalue weighted by Gasteiger charge is -2.72. The van der Waals surface area contributed by atoms with Gasteiger partial charge in [0, 0.05) is 11.8 Å². The molecule has 0 aliphatic heterocycles. The van der Waals surface area contributed by atoms with Gasteiger partial charge in [0.2, 0.25) is 0 Å². The molecule has 4 nitrogen and oxygen atoms in total. The summed E-state index contributed by atoms with van der Waals surface area (Å²) in [4.78, 5) is 26.9. The zero-order valence-electron chi connectivity index (χ0n) is 29.8. The van der Waals surface area contributed by atoms with Gasteiger partial charge in [0.1, 0.15) is 12.7 Å². The van der Waals surface area contributed by atoms with Gasteiger partial charge in [-0.1, -0.05) is 85.7 Å². The van der Waals surface area contributed by atoms with Crippen LogP contribution in [0.4, 0.5) is 0 Å². The Morgan fingerprint density at radius 2 is 1.56 bits per heavy atom. The van der Waals surface area contributed by atoms with Crippen LogP contribution in [-0.2, 0) is 25.7 Å². The van der Waals surface area contributed by atoms with E-state index in [-0.39, 0.29) is 45.1 Å². The lowest BCUT2D eigenvalue weighted by molar-refractivity contribution is -0.252. The first-order chi connectivity index (χ1) is 21.2. The maximum absolute atomic E-state index is 14.3. The molecule has 6 rings (SSSR count). The van der Waals surface area contributed by atoms with Crippen molar-refractivity contribution < 1.29 is 19.1 Å². The van der Waals surface area contributed by atoms with Crippen molar-refractivity contribution in [2.24, 2.45) is 62.6 Å². The molecular weight excluding hydrogens is 556 g/mol. The summed E-state index contributed by atoms with van der Waals surface area (Å²) in [5.41, 5.74) is 1.42. The zero-order valence-corrected chi connectivity index (χ0v) is 29.8. The average molecular weight is 619 g/mol. The third-order valence-electron chi connectivity index (χ3n) is 15.6. The maximum Gasteiger partial charge on any atom is 0.312 e. The molecule has 1 aromatic carbocycles. The number of hydrogen-bond acceptors (Lipinski definition) is 4. The van der Waals surface area contributed by atoms with Gasteiger partial charge in [-0.15, -0.1) is 0 Å². The Bertz CT molecular complexity index is 1250. The summed E-state index contributed by atoms with van der Waals surface area (Å²) in [6.45, 7) is 20.0. The van der Waals surface area contributed by atoms with E-state index in [1.807, 2.05) is 18.2 Å². The van der Waals surface area contributed by atoms with Crippen molar-refractivity contribution in [2.45, 2.75) is 145 Å². The second-order valence-electron chi connectivity index (χ2n) is 17.9. The van der Waals surface area contributed by atoms with Crippen LogP contribution in [0, 0.1) is 62.6 Å². The van der Waals surface area contributed by atoms with Gasteiger partial charge in [-0.2, -0.15) is 0 Å². The summed E-state index contributed by atoms with van der Waals surface area (Å²) in [5, 5.41) is 0. The van der Waals surface area contributed by atoms with E-state index in [0.29, 0.717) is 48.5 Å². The fourth-order valence-corrected chi connectivity index (χ4v) is 13.2. The number of fused-ring (bicyclic) bond motifs is 7. The smallest absolute Gasteiger partial charge is 0.312 e. The van der Waals surface area contributed by atoms with E-state index >= 15 is 0 Å². The zero-order chi connectivity index (χ0) is 32.4. The minimum absolute atomic E-state index is 0.0166. The molecule has 0 aromatic heterocycles. The van der Waals surface area contributed by atoms with Crippen LogP contribution in [0.15, 0.2) is 30.3 Å². The fourth-order valence-electron chi connectivity index (χ4n) is 13.2. The molecule has 0 radical (unpaired) electrons. The predicted octanol–water partition coefficient (Wildman–Crippen LogP) is 10.2. The van der Waals surface area contributed by atoms with E-state index in [9.17, 15) is 9.59 Å². The monoisotopic (exact) mass is 618 g/mol. The minimum Gasteiger partial charge on any atom is -0.462 e. The van der Waals surface area contributed by atoms with Gasteiger partial charge in [0.15, 0.2) is 0 Å². The highest BCUT2D eigenvalue weighted by atomic mass is 16.5. The molecule has 5 aliphatic rings. The van der Waals surface area contributed by atoms with Crippen molar-refractivity contribution in [3.8, 4) is 0 Å². The van der Waals surface area contributed by atoms with Crippen LogP contribution in [0.3, 0.4) is 0 Å². The molecule has 250 valence electrons. The normalized spacial score (nSPS) is 43.4. The van der Waals surface area contributed by atoms with Crippen LogP contribution in [0.2, 0.25) is 0 Å². The molecule has 5 aliphatic carbocycles. The Balaban J connectivity index is 1.28. The number of ether oxygens (including phenoxy) is 2. The number of rotatable bonds is 7. The highest BCUT2D eigenvalue weighted by molar-refractivity contribution is 5.78. The summed E-state index contributed by atoms with van der Waals surface area (Å²) in [6, 6.07) is 10.2. The topological polar surface area (TPSA) is 52.6 Å². The summed E-state index contributed by atoms with van der Waals surface area (Å²) >= 11 is 0. The highest BCUT2D eigenvalue weighted by Crippen LogP contribution is 2.77. The van der Waals surface area contributed by atoms with Crippen LogP contribution in [-0.4, -0.2) is 18.0 Å². The summed E-state index contributed by atoms with van der Waals surface area (Å²) < 4.78 is 12.4. The first kappa shape index (κ1) is 33.1. The number of esters is 2. The van der Waals surface area contributed by atoms with Crippen molar-refractivity contribution in [1.82, 2.24) is 0 Å². The molecular formula is C41H62O4. The maximum atomic E-state index is 14.3. The van der Waals surface area contributed by atoms with Gasteiger partial charge in [-0.3, -0.25) is 9.59 Å². The molecule has 0 amide bonds. The first-order valence-electron chi connectivity index (χ1n) is 18.7. The molecule has 10 atom stereocenters. The predicted molar refractivity (Wildman–Crippen MR) is 180 cm³/mol. The van der Waals surface area contributed by atoms with Gasteiger partial charge >= 0.3 is 11.9 Å². The molecule has 0 N–H and O–H groups in total. The molecule has 5 saturated carbocycles. The molecule has 0 heterocycles. The van der Waals surface area contributed by atoms with Crippen molar-refractivity contribution in [1.29, 1.82) is 0 Å². The fraction of sp³-hybridized carbons (Fsp3) is 0.805. The van der Waals surface area contributed by atoms with Gasteiger partial charge in [0.25, 0.3) is 0 Å². The second kappa shape index (κ2) is 11.7. The quantitative estimate of drug-likeness (QED) is 0.285. The van der Waals surface area contributed by atoms with Gasteiger partial charge < -0.3 is 9.47 Å². The van der Waals surface area contributed by atoms with Crippen molar-refractivity contribution in [2.75, 3.05) is 0 Å². The second-order valence-corrected chi connectivity index (χ2v) is 17.9. The van der Waals surface area contributed by atoms with Gasteiger partial charge in [-0.05, 0) is 128 Å². The van der Waals surface area contributed by atoms with Crippen molar-refractivity contribution >= 4 is 11.9 Å². The number of benzene rings is 1. The van der Waals surface area contributed by atoms with E-state index < -0.39 is 0 Å². The average Bonchev–Trinajstić information content (AvgIpc) is 3.40. The molecule has 45 heavy (non-hydrogen) atoms. The Hall–Kier alpha value is -1.84. The summed E-state index contributed by atoms with van der Waals surface area (Å²) in [6.07, 6.45) is 12.7. The third-order valence-corrected chi connectivity index (χ3v) is 15.6. The first-order valence-corrected chi connectivity index (χ1v) is 18.7. The van der Waals surface area contributed by atoms with E-state index in [2.05, 4.69) is 67.5 Å². The Morgan fingerprint density at radius 3 is 2.24 bits per heavy atom. The van der Waals surface area contributed by atoms with Crippen LogP contribution >= 0.6 is 0 Å². The Labute approximate surface area is 274 Å². The number of carbonyl (C=O) groups excluding carboxylic acids is 2. The van der Waals surface area contributed by atoms with E-state index in [1.54, 1.807) is 0 Å². The summed E-state index contributed by atoms with van der Waals surface area (Å²) in [7, 11) is 0. The van der Waals surface area contributed by atoms with Crippen molar-refractivity contribution in [3.05, 3.63) is 35.9 Å². The number of carbonyl (C=O) groups is 2. The minimum atomic E-state index is -0.333. The van der Waals surface area contributed by atoms with E-state index in [4.69, 9.17) is 9.47 Å². The molecule has 4 unspecified atom stereocenters. The highest BCUT2D eigenvalue weighted by Gasteiger charge is 2.72. The molecule has 0 saturated heterocycles. The lowest BCUT2D eigenvalue weighted by atomic mass is 9.32. The standard InChI is InChI=1S/C41H62O4/c1-9-13-34(42)45-33-20-21-38(6)31(37(33,4)5)19-22-40(8)32(38)17-16-30-35-29(27(2)3)18-23-41(35,25-24-39(30,40)7)36(43)44-26-28-14-11-10-12-15-28/h10-12,14-15,27,29-33,35H,9,13,16-26H2,1-8H3/t29-,30?,31?,32?,33-,35?,38-,39+,40+,41-/m0/s1. The Morgan fingerprint density at radius 1 is 0.822 bits per heavy atom. The van der Waals surface area contributed by atoms with Crippen LogP contribution < -0.4 is 0 Å². The van der Waals surface area contributed by atoms with E-state index in [1.165, 1.54) is 25.7 Å². The molecule has 1 aromatic rings. The molecule has 4 heteroatoms. The van der Waals surface area contributed by atoms with Crippen LogP contribution in [0.1, 0.15) is 138 Å². The molecule has 0 bridgehead atoms. The van der Waals surface area contributed by atoms with Gasteiger partial charge in [0.05, 0.1) is 5.41 Å². The molecule has 5 fully saturated rings. The SMILES string of the molecule is CCCC(=O)O[C@H]1CC[C@@]2(C)C(CC[C@]3(C)C2CCC2C4[C@H](C(C)C)CC[C@]4(C(=O)OCc4ccccc4)CC[C@]23C)C1(C)C. The van der Waals surface area contributed by atoms with Crippen LogP contribution in [0.5, 0.6) is 0 Å². The van der Waals surface area contributed by atoms with Crippen LogP contribution in [0.25, 0.3) is 0 Å². The third kappa shape index (κ3) is 4.95. The Kier molecular flexibility index (Phi) is 8.59. The van der Waals surface area contributed by atoms with Crippen molar-refractivity contribution in [3.63, 3.8) is 0 Å². The summed E-state index contributed by atoms with van der Waals surface area (Å²) in [5.74, 6) is 3.41.